The van der Waals surface area contributed by atoms with Gasteiger partial charge in [-0.2, -0.15) is 5.10 Å². The average molecular weight is 479 g/mol. The van der Waals surface area contributed by atoms with Crippen molar-refractivity contribution in [2.45, 2.75) is 64.3 Å². The van der Waals surface area contributed by atoms with Gasteiger partial charge in [0.25, 0.3) is 11.9 Å². The first-order valence-corrected chi connectivity index (χ1v) is 12.8. The average Bonchev–Trinajstić information content (AvgIpc) is 3.64. The van der Waals surface area contributed by atoms with E-state index in [4.69, 9.17) is 9.97 Å². The summed E-state index contributed by atoms with van der Waals surface area (Å²) in [4.78, 5) is 27.6. The summed E-state index contributed by atoms with van der Waals surface area (Å²) < 4.78 is 1.78. The van der Waals surface area contributed by atoms with Gasteiger partial charge in [-0.15, -0.1) is 0 Å². The van der Waals surface area contributed by atoms with Crippen molar-refractivity contribution >= 4 is 5.91 Å². The van der Waals surface area contributed by atoms with Crippen molar-refractivity contribution in [2.24, 2.45) is 0 Å². The number of nitrogens with one attached hydrogen (secondary N) is 1. The third-order valence-electron chi connectivity index (χ3n) is 7.06. The van der Waals surface area contributed by atoms with Crippen LogP contribution in [0.3, 0.4) is 0 Å². The molecule has 7 nitrogen and oxygen atoms in total. The lowest BCUT2D eigenvalue weighted by atomic mass is 10.0. The highest BCUT2D eigenvalue weighted by Gasteiger charge is 2.34. The molecule has 0 unspecified atom stereocenters. The van der Waals surface area contributed by atoms with Crippen LogP contribution in [-0.2, 0) is 19.3 Å². The third-order valence-corrected chi connectivity index (χ3v) is 7.06. The molecule has 0 saturated heterocycles. The maximum absolute atomic E-state index is 13.3. The van der Waals surface area contributed by atoms with Crippen LogP contribution in [0.2, 0.25) is 0 Å². The second-order valence-electron chi connectivity index (χ2n) is 10.0. The molecule has 3 heterocycles. The van der Waals surface area contributed by atoms with E-state index >= 15 is 0 Å². The van der Waals surface area contributed by atoms with E-state index in [0.717, 1.165) is 54.9 Å². The van der Waals surface area contributed by atoms with Crippen LogP contribution in [0.4, 0.5) is 0 Å². The van der Waals surface area contributed by atoms with E-state index in [1.165, 1.54) is 16.7 Å². The van der Waals surface area contributed by atoms with Crippen LogP contribution in [-0.4, -0.2) is 36.7 Å². The first-order valence-electron chi connectivity index (χ1n) is 12.8. The fourth-order valence-electron chi connectivity index (χ4n) is 5.18. The van der Waals surface area contributed by atoms with Gasteiger partial charge >= 0.3 is 0 Å². The molecule has 2 aliphatic carbocycles. The largest absolute Gasteiger partial charge is 0.349 e. The van der Waals surface area contributed by atoms with Gasteiger partial charge in [-0.05, 0) is 69.2 Å². The number of carbonyl (C=O) groups excluding carboxylic acids is 1. The molecule has 4 aromatic rings. The Kier molecular flexibility index (Phi) is 5.83. The highest BCUT2D eigenvalue weighted by Crippen LogP contribution is 2.42. The normalized spacial score (nSPS) is 15.5. The highest BCUT2D eigenvalue weighted by atomic mass is 16.1. The van der Waals surface area contributed by atoms with Gasteiger partial charge in [0.2, 0.25) is 0 Å². The van der Waals surface area contributed by atoms with E-state index in [1.54, 1.807) is 10.9 Å². The van der Waals surface area contributed by atoms with Crippen LogP contribution in [0.1, 0.15) is 70.7 Å². The molecule has 1 aromatic carbocycles. The van der Waals surface area contributed by atoms with Gasteiger partial charge in [-0.1, -0.05) is 30.3 Å². The minimum atomic E-state index is -0.108. The van der Waals surface area contributed by atoms with E-state index < -0.39 is 0 Å². The fourth-order valence-corrected chi connectivity index (χ4v) is 5.18. The van der Waals surface area contributed by atoms with Gasteiger partial charge in [0.05, 0.1) is 23.1 Å². The molecule has 3 aromatic heterocycles. The maximum Gasteiger partial charge on any atom is 0.255 e. The Labute approximate surface area is 211 Å². The van der Waals surface area contributed by atoms with E-state index in [-0.39, 0.29) is 11.9 Å². The molecule has 6 rings (SSSR count). The Morgan fingerprint density at radius 3 is 2.72 bits per heavy atom. The summed E-state index contributed by atoms with van der Waals surface area (Å²) in [6.45, 7) is 3.99. The van der Waals surface area contributed by atoms with Crippen molar-refractivity contribution in [1.82, 2.24) is 30.0 Å². The predicted octanol–water partition coefficient (Wildman–Crippen LogP) is 4.76. The van der Waals surface area contributed by atoms with Crippen molar-refractivity contribution in [3.8, 4) is 17.2 Å². The molecule has 7 heteroatoms. The quantitative estimate of drug-likeness (QED) is 0.432. The summed E-state index contributed by atoms with van der Waals surface area (Å²) in [5.41, 5.74) is 8.12. The molecule has 1 fully saturated rings. The van der Waals surface area contributed by atoms with Gasteiger partial charge in [-0.3, -0.25) is 9.78 Å². The smallest absolute Gasteiger partial charge is 0.255 e. The van der Waals surface area contributed by atoms with Crippen molar-refractivity contribution in [1.29, 1.82) is 0 Å². The summed E-state index contributed by atoms with van der Waals surface area (Å²) in [7, 11) is 0. The molecule has 0 aliphatic heterocycles. The number of pyridine rings is 1. The molecular weight excluding hydrogens is 448 g/mol. The first kappa shape index (κ1) is 22.6. The molecule has 182 valence electrons. The summed E-state index contributed by atoms with van der Waals surface area (Å²) >= 11 is 0. The molecule has 0 spiro atoms. The lowest BCUT2D eigenvalue weighted by Crippen LogP contribution is -2.34. The molecule has 2 aliphatic rings. The second kappa shape index (κ2) is 9.30. The zero-order chi connectivity index (χ0) is 24.6. The van der Waals surface area contributed by atoms with Gasteiger partial charge < -0.3 is 5.32 Å². The van der Waals surface area contributed by atoms with Crippen LogP contribution >= 0.6 is 0 Å². The molecule has 1 N–H and O–H groups in total. The number of nitrogens with zero attached hydrogens (tertiary/aromatic N) is 5. The zero-order valence-corrected chi connectivity index (χ0v) is 20.7. The number of hydrogen-bond acceptors (Lipinski definition) is 5. The van der Waals surface area contributed by atoms with Crippen molar-refractivity contribution in [3.05, 3.63) is 88.6 Å². The summed E-state index contributed by atoms with van der Waals surface area (Å²) in [6.07, 6.45) is 9.46. The number of benzene rings is 1. The minimum absolute atomic E-state index is 0.0533. The molecule has 36 heavy (non-hydrogen) atoms. The van der Waals surface area contributed by atoms with E-state index in [1.807, 2.05) is 38.2 Å². The number of hydrogen-bond donors (Lipinski definition) is 1. The van der Waals surface area contributed by atoms with Crippen LogP contribution in [0, 0.1) is 6.92 Å². The van der Waals surface area contributed by atoms with Crippen molar-refractivity contribution in [3.63, 3.8) is 0 Å². The summed E-state index contributed by atoms with van der Waals surface area (Å²) in [5, 5.41) is 7.77. The monoisotopic (exact) mass is 478 g/mol. The Morgan fingerprint density at radius 2 is 1.89 bits per heavy atom. The third kappa shape index (κ3) is 4.41. The highest BCUT2D eigenvalue weighted by molar-refractivity contribution is 5.95. The van der Waals surface area contributed by atoms with Crippen LogP contribution in [0.25, 0.3) is 17.2 Å². The number of rotatable bonds is 6. The predicted molar refractivity (Wildman–Crippen MR) is 138 cm³/mol. The lowest BCUT2D eigenvalue weighted by molar-refractivity contribution is 0.0939. The number of amides is 1. The SMILES string of the molecule is Cc1cccc(C[C@@H](C)NC(=O)c2cnn(-c3ncc4c(n3)-c3ccccc3CCC4)c2C2CC2)n1. The molecular formula is C29H30N6O. The first-order chi connectivity index (χ1) is 17.6. The number of carbonyl (C=O) groups is 1. The molecule has 1 amide bonds. The van der Waals surface area contributed by atoms with Gasteiger partial charge in [0, 0.05) is 41.5 Å². The van der Waals surface area contributed by atoms with E-state index in [2.05, 4.69) is 39.7 Å². The van der Waals surface area contributed by atoms with Gasteiger partial charge in [-0.25, -0.2) is 14.6 Å². The second-order valence-corrected chi connectivity index (χ2v) is 10.0. The number of aromatic nitrogens is 5. The Hall–Kier alpha value is -3.87. The minimum Gasteiger partial charge on any atom is -0.349 e. The maximum atomic E-state index is 13.3. The van der Waals surface area contributed by atoms with Crippen molar-refractivity contribution < 1.29 is 4.79 Å². The Morgan fingerprint density at radius 1 is 1.06 bits per heavy atom. The zero-order valence-electron chi connectivity index (χ0n) is 20.7. The topological polar surface area (TPSA) is 85.6 Å². The Balaban J connectivity index is 1.30. The van der Waals surface area contributed by atoms with Crippen LogP contribution in [0.15, 0.2) is 54.9 Å². The lowest BCUT2D eigenvalue weighted by Gasteiger charge is -2.15. The molecule has 0 radical (unpaired) electrons. The molecule has 0 bridgehead atoms. The summed E-state index contributed by atoms with van der Waals surface area (Å²) in [5.74, 6) is 0.725. The van der Waals surface area contributed by atoms with E-state index in [0.29, 0.717) is 23.9 Å². The van der Waals surface area contributed by atoms with Crippen LogP contribution in [0.5, 0.6) is 0 Å². The molecule has 1 atom stereocenters. The Bertz CT molecular complexity index is 1440. The standard InChI is InChI=1S/C29H30N6O/c1-18-7-5-11-23(32-18)15-19(2)33-28(36)25-17-31-35(27(25)21-13-14-21)29-30-16-22-10-6-9-20-8-3-4-12-24(20)26(22)34-29/h3-5,7-8,11-12,16-17,19,21H,6,9-10,13-15H2,1-2H3,(H,33,36)/t19-/m1/s1. The van der Waals surface area contributed by atoms with Crippen molar-refractivity contribution in [2.75, 3.05) is 0 Å². The molecule has 1 saturated carbocycles. The number of aryl methyl sites for hydroxylation is 3. The van der Waals surface area contributed by atoms with Crippen LogP contribution < -0.4 is 5.32 Å². The fraction of sp³-hybridized carbons (Fsp3) is 0.345. The van der Waals surface area contributed by atoms with Gasteiger partial charge in [0.1, 0.15) is 0 Å². The van der Waals surface area contributed by atoms with Gasteiger partial charge in [0.15, 0.2) is 0 Å². The summed E-state index contributed by atoms with van der Waals surface area (Å²) in [6, 6.07) is 14.4. The number of fused-ring (bicyclic) bond motifs is 3. The van der Waals surface area contributed by atoms with E-state index in [9.17, 15) is 4.79 Å².